The lowest BCUT2D eigenvalue weighted by Gasteiger charge is -2.13. The van der Waals surface area contributed by atoms with Crippen LogP contribution in [0.5, 0.6) is 5.75 Å². The molecule has 0 fully saturated rings. The van der Waals surface area contributed by atoms with Crippen LogP contribution in [0.25, 0.3) is 10.9 Å². The maximum absolute atomic E-state index is 13.6. The third kappa shape index (κ3) is 3.80. The van der Waals surface area contributed by atoms with Gasteiger partial charge in [-0.05, 0) is 29.8 Å². The van der Waals surface area contributed by atoms with Crippen LogP contribution in [0.4, 0.5) is 4.39 Å². The predicted octanol–water partition coefficient (Wildman–Crippen LogP) is 2.71. The number of methoxy groups -OCH3 is 1. The first-order valence-electron chi connectivity index (χ1n) is 7.91. The van der Waals surface area contributed by atoms with E-state index in [0.717, 1.165) is 16.5 Å². The summed E-state index contributed by atoms with van der Waals surface area (Å²) in [5, 5.41) is 13.6. The minimum absolute atomic E-state index is 0.0502. The zero-order chi connectivity index (χ0) is 17.8. The summed E-state index contributed by atoms with van der Waals surface area (Å²) in [5.74, 6) is -0.0317. The number of hydrogen-bond acceptors (Lipinski definition) is 3. The second-order valence-corrected chi connectivity index (χ2v) is 5.74. The fraction of sp³-hybridized carbons (Fsp3) is 0.211. The minimum Gasteiger partial charge on any atom is -0.497 e. The molecule has 0 bridgehead atoms. The number of aromatic amines is 1. The molecule has 1 unspecified atom stereocenters. The number of carbonyl (C=O) groups is 1. The van der Waals surface area contributed by atoms with Crippen molar-refractivity contribution < 1.29 is 19.0 Å². The average molecular weight is 342 g/mol. The molecule has 0 saturated carbocycles. The van der Waals surface area contributed by atoms with Crippen LogP contribution in [-0.2, 0) is 11.2 Å². The molecule has 0 saturated heterocycles. The minimum atomic E-state index is -1.09. The van der Waals surface area contributed by atoms with Crippen molar-refractivity contribution in [2.24, 2.45) is 0 Å². The fourth-order valence-corrected chi connectivity index (χ4v) is 2.73. The Hall–Kier alpha value is -2.86. The molecule has 0 aliphatic rings. The van der Waals surface area contributed by atoms with Crippen molar-refractivity contribution >= 4 is 16.8 Å². The number of aliphatic hydroxyl groups excluding tert-OH is 1. The van der Waals surface area contributed by atoms with Gasteiger partial charge < -0.3 is 20.1 Å². The van der Waals surface area contributed by atoms with E-state index in [2.05, 4.69) is 10.3 Å². The largest absolute Gasteiger partial charge is 0.497 e. The van der Waals surface area contributed by atoms with E-state index < -0.39 is 11.9 Å². The highest BCUT2D eigenvalue weighted by molar-refractivity contribution is 5.89. The van der Waals surface area contributed by atoms with Crippen LogP contribution in [0.15, 0.2) is 48.7 Å². The summed E-state index contributed by atoms with van der Waals surface area (Å²) in [6.45, 7) is -0.0502. The summed E-state index contributed by atoms with van der Waals surface area (Å²) in [5.41, 5.74) is 1.90. The number of H-pyrrole nitrogens is 1. The number of fused-ring (bicyclic) bond motifs is 1. The van der Waals surface area contributed by atoms with Crippen molar-refractivity contribution in [3.63, 3.8) is 0 Å². The third-order valence-corrected chi connectivity index (χ3v) is 4.08. The zero-order valence-corrected chi connectivity index (χ0v) is 13.8. The highest BCUT2D eigenvalue weighted by Crippen LogP contribution is 2.24. The van der Waals surface area contributed by atoms with Gasteiger partial charge in [0.1, 0.15) is 11.6 Å². The van der Waals surface area contributed by atoms with E-state index in [1.54, 1.807) is 25.4 Å². The molecule has 6 heteroatoms. The van der Waals surface area contributed by atoms with Gasteiger partial charge in [-0.25, -0.2) is 4.39 Å². The number of carbonyl (C=O) groups excluding carboxylic acids is 1. The average Bonchev–Trinajstić information content (AvgIpc) is 3.02. The Morgan fingerprint density at radius 1 is 1.32 bits per heavy atom. The van der Waals surface area contributed by atoms with Gasteiger partial charge in [0.05, 0.1) is 19.6 Å². The molecule has 0 spiro atoms. The van der Waals surface area contributed by atoms with E-state index in [-0.39, 0.29) is 24.4 Å². The number of ether oxygens (including phenoxy) is 1. The van der Waals surface area contributed by atoms with E-state index in [1.807, 2.05) is 18.2 Å². The van der Waals surface area contributed by atoms with Crippen LogP contribution in [0.1, 0.15) is 17.2 Å². The molecular weight excluding hydrogens is 323 g/mol. The van der Waals surface area contributed by atoms with Crippen LogP contribution in [-0.4, -0.2) is 29.7 Å². The molecule has 3 rings (SSSR count). The summed E-state index contributed by atoms with van der Waals surface area (Å²) in [4.78, 5) is 15.3. The number of hydrogen-bond donors (Lipinski definition) is 3. The Morgan fingerprint density at radius 2 is 2.12 bits per heavy atom. The molecule has 1 heterocycles. The van der Waals surface area contributed by atoms with E-state index in [4.69, 9.17) is 4.74 Å². The fourth-order valence-electron chi connectivity index (χ4n) is 2.73. The Bertz CT molecular complexity index is 891. The van der Waals surface area contributed by atoms with Gasteiger partial charge in [0.15, 0.2) is 0 Å². The number of halogens is 1. The quantitative estimate of drug-likeness (QED) is 0.645. The molecule has 25 heavy (non-hydrogen) atoms. The standard InChI is InChI=1S/C19H19FN2O3/c1-25-13-6-7-17-15(9-13)12(10-21-17)8-19(24)22-11-18(23)14-4-2-3-5-16(14)20/h2-7,9-10,18,21,23H,8,11H2,1H3,(H,22,24). The second kappa shape index (κ2) is 7.36. The molecule has 0 radical (unpaired) electrons. The molecule has 5 nitrogen and oxygen atoms in total. The van der Waals surface area contributed by atoms with Gasteiger partial charge in [-0.1, -0.05) is 18.2 Å². The normalized spacial score (nSPS) is 12.1. The van der Waals surface area contributed by atoms with Crippen LogP contribution >= 0.6 is 0 Å². The highest BCUT2D eigenvalue weighted by Gasteiger charge is 2.14. The topological polar surface area (TPSA) is 74.4 Å². The van der Waals surface area contributed by atoms with E-state index in [1.165, 1.54) is 12.1 Å². The van der Waals surface area contributed by atoms with E-state index in [9.17, 15) is 14.3 Å². The van der Waals surface area contributed by atoms with Crippen molar-refractivity contribution in [2.75, 3.05) is 13.7 Å². The first-order valence-corrected chi connectivity index (χ1v) is 7.91. The van der Waals surface area contributed by atoms with Crippen molar-refractivity contribution in [3.05, 3.63) is 65.6 Å². The smallest absolute Gasteiger partial charge is 0.224 e. The number of benzene rings is 2. The lowest BCUT2D eigenvalue weighted by atomic mass is 10.1. The first-order chi connectivity index (χ1) is 12.1. The number of rotatable bonds is 6. The maximum atomic E-state index is 13.6. The summed E-state index contributed by atoms with van der Waals surface area (Å²) in [6.07, 6.45) is 0.835. The van der Waals surface area contributed by atoms with Gasteiger partial charge >= 0.3 is 0 Å². The van der Waals surface area contributed by atoms with Gasteiger partial charge in [0, 0.05) is 29.2 Å². The monoisotopic (exact) mass is 342 g/mol. The molecule has 1 atom stereocenters. The summed E-state index contributed by atoms with van der Waals surface area (Å²) < 4.78 is 18.8. The summed E-state index contributed by atoms with van der Waals surface area (Å²) in [7, 11) is 1.59. The van der Waals surface area contributed by atoms with Crippen molar-refractivity contribution in [3.8, 4) is 5.75 Å². The molecule has 3 N–H and O–H groups in total. The molecule has 0 aliphatic heterocycles. The van der Waals surface area contributed by atoms with Crippen molar-refractivity contribution in [2.45, 2.75) is 12.5 Å². The van der Waals surface area contributed by atoms with Crippen LogP contribution < -0.4 is 10.1 Å². The van der Waals surface area contributed by atoms with Crippen molar-refractivity contribution in [1.82, 2.24) is 10.3 Å². The maximum Gasteiger partial charge on any atom is 0.224 e. The van der Waals surface area contributed by atoms with Gasteiger partial charge in [-0.15, -0.1) is 0 Å². The molecular formula is C19H19FN2O3. The van der Waals surface area contributed by atoms with Gasteiger partial charge in [0.25, 0.3) is 0 Å². The van der Waals surface area contributed by atoms with E-state index >= 15 is 0 Å². The highest BCUT2D eigenvalue weighted by atomic mass is 19.1. The molecule has 0 aliphatic carbocycles. The van der Waals surface area contributed by atoms with Crippen LogP contribution in [0.2, 0.25) is 0 Å². The lowest BCUT2D eigenvalue weighted by molar-refractivity contribution is -0.120. The summed E-state index contributed by atoms with van der Waals surface area (Å²) in [6, 6.07) is 11.6. The molecule has 1 amide bonds. The Morgan fingerprint density at radius 3 is 2.88 bits per heavy atom. The Balaban J connectivity index is 1.64. The third-order valence-electron chi connectivity index (χ3n) is 4.08. The van der Waals surface area contributed by atoms with Crippen LogP contribution in [0, 0.1) is 5.82 Å². The molecule has 1 aromatic heterocycles. The first kappa shape index (κ1) is 17.0. The second-order valence-electron chi connectivity index (χ2n) is 5.74. The SMILES string of the molecule is COc1ccc2[nH]cc(CC(=O)NCC(O)c3ccccc3F)c2c1. The lowest BCUT2D eigenvalue weighted by Crippen LogP contribution is -2.29. The molecule has 2 aromatic carbocycles. The number of aliphatic hydroxyl groups is 1. The zero-order valence-electron chi connectivity index (χ0n) is 13.8. The summed E-state index contributed by atoms with van der Waals surface area (Å²) >= 11 is 0. The molecule has 3 aromatic rings. The Labute approximate surface area is 144 Å². The number of aromatic nitrogens is 1. The van der Waals surface area contributed by atoms with Crippen LogP contribution in [0.3, 0.4) is 0 Å². The van der Waals surface area contributed by atoms with Gasteiger partial charge in [-0.3, -0.25) is 4.79 Å². The molecule has 130 valence electrons. The number of nitrogens with one attached hydrogen (secondary N) is 2. The van der Waals surface area contributed by atoms with Gasteiger partial charge in [-0.2, -0.15) is 0 Å². The number of amides is 1. The van der Waals surface area contributed by atoms with Crippen molar-refractivity contribution in [1.29, 1.82) is 0 Å². The van der Waals surface area contributed by atoms with Gasteiger partial charge in [0.2, 0.25) is 5.91 Å². The van der Waals surface area contributed by atoms with E-state index in [0.29, 0.717) is 5.75 Å². The predicted molar refractivity (Wildman–Crippen MR) is 92.9 cm³/mol. The Kier molecular flexibility index (Phi) is 5.00.